The van der Waals surface area contributed by atoms with Crippen molar-refractivity contribution in [1.82, 2.24) is 9.78 Å². The monoisotopic (exact) mass is 294 g/mol. The lowest BCUT2D eigenvalue weighted by atomic mass is 10.2. The Balaban J connectivity index is 2.27. The van der Waals surface area contributed by atoms with Gasteiger partial charge in [0.15, 0.2) is 0 Å². The molecule has 19 heavy (non-hydrogen) atoms. The van der Waals surface area contributed by atoms with Crippen LogP contribution < -0.4 is 11.1 Å². The third kappa shape index (κ3) is 3.05. The van der Waals surface area contributed by atoms with Gasteiger partial charge in [-0.2, -0.15) is 5.10 Å². The van der Waals surface area contributed by atoms with E-state index in [2.05, 4.69) is 24.3 Å². The van der Waals surface area contributed by atoms with Crippen molar-refractivity contribution in [3.05, 3.63) is 41.0 Å². The van der Waals surface area contributed by atoms with E-state index in [-0.39, 0.29) is 6.04 Å². The van der Waals surface area contributed by atoms with E-state index in [1.807, 2.05) is 22.9 Å². The van der Waals surface area contributed by atoms with Crippen molar-refractivity contribution in [2.24, 2.45) is 5.73 Å². The summed E-state index contributed by atoms with van der Waals surface area (Å²) >= 11 is 11.1. The minimum atomic E-state index is 0.281. The van der Waals surface area contributed by atoms with Crippen molar-refractivity contribution >= 4 is 40.3 Å². The zero-order chi connectivity index (χ0) is 14.0. The molecule has 0 spiro atoms. The molecule has 1 aromatic carbocycles. The summed E-state index contributed by atoms with van der Waals surface area (Å²) in [6, 6.07) is 7.69. The number of nitrogens with zero attached hydrogens (tertiary/aromatic N) is 2. The molecule has 0 aliphatic carbocycles. The van der Waals surface area contributed by atoms with Crippen molar-refractivity contribution in [2.75, 3.05) is 5.32 Å². The summed E-state index contributed by atoms with van der Waals surface area (Å²) in [6.07, 6.45) is 1.76. The van der Waals surface area contributed by atoms with Gasteiger partial charge in [-0.15, -0.1) is 0 Å². The molecule has 2 aromatic rings. The normalized spacial score (nSPS) is 10.7. The Morgan fingerprint density at radius 3 is 2.74 bits per heavy atom. The van der Waals surface area contributed by atoms with Gasteiger partial charge in [-0.05, 0) is 32.0 Å². The Morgan fingerprint density at radius 2 is 2.16 bits per heavy atom. The minimum Gasteiger partial charge on any atom is -0.389 e. The summed E-state index contributed by atoms with van der Waals surface area (Å²) in [6.45, 7) is 4.14. The van der Waals surface area contributed by atoms with Crippen molar-refractivity contribution < 1.29 is 0 Å². The first kappa shape index (κ1) is 13.8. The second kappa shape index (κ2) is 5.59. The van der Waals surface area contributed by atoms with Crippen LogP contribution in [-0.2, 0) is 0 Å². The van der Waals surface area contributed by atoms with E-state index in [0.717, 1.165) is 11.5 Å². The molecule has 6 heteroatoms. The zero-order valence-electron chi connectivity index (χ0n) is 10.7. The van der Waals surface area contributed by atoms with Gasteiger partial charge >= 0.3 is 0 Å². The summed E-state index contributed by atoms with van der Waals surface area (Å²) in [5.41, 5.74) is 7.13. The quantitative estimate of drug-likeness (QED) is 0.848. The zero-order valence-corrected chi connectivity index (χ0v) is 12.3. The SMILES string of the molecule is CC(C)n1nccc1Nc1ccc(C(N)=S)c(Cl)c1. The molecular formula is C13H15ClN4S. The average Bonchev–Trinajstić information content (AvgIpc) is 2.76. The van der Waals surface area contributed by atoms with Crippen LogP contribution in [0.15, 0.2) is 30.5 Å². The van der Waals surface area contributed by atoms with Crippen LogP contribution >= 0.6 is 23.8 Å². The molecule has 0 radical (unpaired) electrons. The fraction of sp³-hybridized carbons (Fsp3) is 0.231. The van der Waals surface area contributed by atoms with E-state index in [9.17, 15) is 0 Å². The van der Waals surface area contributed by atoms with Gasteiger partial charge in [-0.3, -0.25) is 0 Å². The number of nitrogens with two attached hydrogens (primary N) is 1. The highest BCUT2D eigenvalue weighted by Crippen LogP contribution is 2.24. The number of thiocarbonyl (C=S) groups is 1. The summed E-state index contributed by atoms with van der Waals surface area (Å²) in [5, 5.41) is 8.07. The number of hydrogen-bond donors (Lipinski definition) is 2. The van der Waals surface area contributed by atoms with Gasteiger partial charge in [-0.1, -0.05) is 23.8 Å². The van der Waals surface area contributed by atoms with Crippen molar-refractivity contribution in [3.63, 3.8) is 0 Å². The molecule has 0 aliphatic heterocycles. The topological polar surface area (TPSA) is 55.9 Å². The maximum Gasteiger partial charge on any atom is 0.128 e. The lowest BCUT2D eigenvalue weighted by molar-refractivity contribution is 0.540. The number of benzene rings is 1. The Labute approximate surface area is 122 Å². The minimum absolute atomic E-state index is 0.281. The first-order valence-corrected chi connectivity index (χ1v) is 6.67. The van der Waals surface area contributed by atoms with Crippen LogP contribution in [0.25, 0.3) is 0 Å². The molecule has 1 heterocycles. The molecule has 0 amide bonds. The largest absolute Gasteiger partial charge is 0.389 e. The van der Waals surface area contributed by atoms with E-state index in [1.54, 1.807) is 12.3 Å². The van der Waals surface area contributed by atoms with Crippen molar-refractivity contribution in [1.29, 1.82) is 0 Å². The van der Waals surface area contributed by atoms with Crippen LogP contribution in [0.2, 0.25) is 5.02 Å². The second-order valence-corrected chi connectivity index (χ2v) is 5.29. The molecule has 2 rings (SSSR count). The Hall–Kier alpha value is -1.59. The van der Waals surface area contributed by atoms with E-state index >= 15 is 0 Å². The molecular weight excluding hydrogens is 280 g/mol. The second-order valence-electron chi connectivity index (χ2n) is 4.44. The third-order valence-electron chi connectivity index (χ3n) is 2.67. The van der Waals surface area contributed by atoms with E-state index in [4.69, 9.17) is 29.6 Å². The van der Waals surface area contributed by atoms with Gasteiger partial charge in [0.25, 0.3) is 0 Å². The number of rotatable bonds is 4. The average molecular weight is 295 g/mol. The summed E-state index contributed by atoms with van der Waals surface area (Å²) in [4.78, 5) is 0.295. The first-order chi connectivity index (χ1) is 8.99. The van der Waals surface area contributed by atoms with Crippen LogP contribution in [0.1, 0.15) is 25.5 Å². The molecule has 0 saturated carbocycles. The van der Waals surface area contributed by atoms with Gasteiger partial charge < -0.3 is 11.1 Å². The number of aromatic nitrogens is 2. The predicted molar refractivity (Wildman–Crippen MR) is 83.2 cm³/mol. The molecule has 0 fully saturated rings. The smallest absolute Gasteiger partial charge is 0.128 e. The summed E-state index contributed by atoms with van der Waals surface area (Å²) in [7, 11) is 0. The predicted octanol–water partition coefficient (Wildman–Crippen LogP) is 3.50. The number of halogens is 1. The highest BCUT2D eigenvalue weighted by atomic mass is 35.5. The first-order valence-electron chi connectivity index (χ1n) is 5.89. The molecule has 0 aliphatic rings. The molecule has 0 bridgehead atoms. The molecule has 4 nitrogen and oxygen atoms in total. The van der Waals surface area contributed by atoms with Crippen LogP contribution in [0, 0.1) is 0 Å². The lowest BCUT2D eigenvalue weighted by Crippen LogP contribution is -2.10. The van der Waals surface area contributed by atoms with Gasteiger partial charge in [0, 0.05) is 23.4 Å². The number of anilines is 2. The van der Waals surface area contributed by atoms with Crippen LogP contribution in [-0.4, -0.2) is 14.8 Å². The molecule has 100 valence electrons. The summed E-state index contributed by atoms with van der Waals surface area (Å²) in [5.74, 6) is 0.911. The van der Waals surface area contributed by atoms with Gasteiger partial charge in [0.2, 0.25) is 0 Å². The molecule has 0 atom stereocenters. The molecule has 1 aromatic heterocycles. The Kier molecular flexibility index (Phi) is 4.07. The van der Waals surface area contributed by atoms with Gasteiger partial charge in [0.1, 0.15) is 10.8 Å². The number of nitrogens with one attached hydrogen (secondary N) is 1. The van der Waals surface area contributed by atoms with E-state index in [0.29, 0.717) is 15.6 Å². The molecule has 0 unspecified atom stereocenters. The third-order valence-corrected chi connectivity index (χ3v) is 3.20. The van der Waals surface area contributed by atoms with Crippen LogP contribution in [0.5, 0.6) is 0 Å². The summed E-state index contributed by atoms with van der Waals surface area (Å²) < 4.78 is 1.90. The fourth-order valence-electron chi connectivity index (χ4n) is 1.77. The van der Waals surface area contributed by atoms with Gasteiger partial charge in [0.05, 0.1) is 11.2 Å². The maximum atomic E-state index is 6.14. The van der Waals surface area contributed by atoms with E-state index < -0.39 is 0 Å². The highest BCUT2D eigenvalue weighted by molar-refractivity contribution is 7.80. The highest BCUT2D eigenvalue weighted by Gasteiger charge is 2.08. The molecule has 3 N–H and O–H groups in total. The standard InChI is InChI=1S/C13H15ClN4S/c1-8(2)18-12(5-6-16-18)17-9-3-4-10(13(15)19)11(14)7-9/h3-8,17H,1-2H3,(H2,15,19). The molecule has 0 saturated heterocycles. The van der Waals surface area contributed by atoms with Crippen LogP contribution in [0.3, 0.4) is 0 Å². The Morgan fingerprint density at radius 1 is 1.42 bits per heavy atom. The van der Waals surface area contributed by atoms with Gasteiger partial charge in [-0.25, -0.2) is 4.68 Å². The van der Waals surface area contributed by atoms with Crippen molar-refractivity contribution in [3.8, 4) is 0 Å². The lowest BCUT2D eigenvalue weighted by Gasteiger charge is -2.13. The Bertz CT molecular complexity index is 606. The maximum absolute atomic E-state index is 6.14. The van der Waals surface area contributed by atoms with E-state index in [1.165, 1.54) is 0 Å². The fourth-order valence-corrected chi connectivity index (χ4v) is 2.28. The van der Waals surface area contributed by atoms with Crippen LogP contribution in [0.4, 0.5) is 11.5 Å². The number of hydrogen-bond acceptors (Lipinski definition) is 3. The van der Waals surface area contributed by atoms with Crippen molar-refractivity contribution in [2.45, 2.75) is 19.9 Å².